The van der Waals surface area contributed by atoms with Gasteiger partial charge in [-0.3, -0.25) is 4.79 Å². The zero-order valence-corrected chi connectivity index (χ0v) is 8.58. The minimum absolute atomic E-state index is 0.168. The van der Waals surface area contributed by atoms with Crippen molar-refractivity contribution in [3.05, 3.63) is 0 Å². The summed E-state index contributed by atoms with van der Waals surface area (Å²) in [6.07, 6.45) is 2.22. The molecule has 4 heteroatoms. The molecule has 0 rings (SSSR count). The maximum absolute atomic E-state index is 11.3. The standard InChI is InChI=1S/C9H20N2O2/c1-11(7-4-8-13-2)9(12)5-3-6-10/h3-8,10H2,1-2H3. The van der Waals surface area contributed by atoms with E-state index in [1.54, 1.807) is 12.0 Å². The monoisotopic (exact) mass is 188 g/mol. The van der Waals surface area contributed by atoms with Crippen LogP contribution in [0, 0.1) is 0 Å². The van der Waals surface area contributed by atoms with Crippen LogP contribution in [-0.2, 0) is 9.53 Å². The van der Waals surface area contributed by atoms with Crippen LogP contribution in [0.5, 0.6) is 0 Å². The molecular weight excluding hydrogens is 168 g/mol. The molecule has 0 aliphatic rings. The molecule has 4 nitrogen and oxygen atoms in total. The summed E-state index contributed by atoms with van der Waals surface area (Å²) in [5.74, 6) is 0.168. The quantitative estimate of drug-likeness (QED) is 0.581. The van der Waals surface area contributed by atoms with E-state index in [0.29, 0.717) is 19.6 Å². The lowest BCUT2D eigenvalue weighted by Gasteiger charge is -2.16. The van der Waals surface area contributed by atoms with Crippen LogP contribution >= 0.6 is 0 Å². The highest BCUT2D eigenvalue weighted by Gasteiger charge is 2.06. The van der Waals surface area contributed by atoms with Gasteiger partial charge >= 0.3 is 0 Å². The third-order valence-corrected chi connectivity index (χ3v) is 1.86. The molecule has 13 heavy (non-hydrogen) atoms. The van der Waals surface area contributed by atoms with E-state index in [1.807, 2.05) is 7.05 Å². The van der Waals surface area contributed by atoms with Crippen molar-refractivity contribution >= 4 is 5.91 Å². The molecule has 2 N–H and O–H groups in total. The number of rotatable bonds is 7. The van der Waals surface area contributed by atoms with Crippen molar-refractivity contribution in [3.63, 3.8) is 0 Å². The summed E-state index contributed by atoms with van der Waals surface area (Å²) in [6, 6.07) is 0. The van der Waals surface area contributed by atoms with Gasteiger partial charge in [0.2, 0.25) is 5.91 Å². The van der Waals surface area contributed by atoms with Crippen LogP contribution in [0.3, 0.4) is 0 Å². The van der Waals surface area contributed by atoms with Crippen LogP contribution in [0.15, 0.2) is 0 Å². The highest BCUT2D eigenvalue weighted by atomic mass is 16.5. The fourth-order valence-electron chi connectivity index (χ4n) is 1.01. The minimum Gasteiger partial charge on any atom is -0.385 e. The first-order valence-corrected chi connectivity index (χ1v) is 4.65. The number of nitrogens with two attached hydrogens (primary N) is 1. The smallest absolute Gasteiger partial charge is 0.222 e. The van der Waals surface area contributed by atoms with Crippen molar-refractivity contribution in [3.8, 4) is 0 Å². The molecule has 0 atom stereocenters. The topological polar surface area (TPSA) is 55.6 Å². The largest absolute Gasteiger partial charge is 0.385 e. The molecule has 0 aliphatic heterocycles. The number of hydrogen-bond donors (Lipinski definition) is 1. The number of ether oxygens (including phenoxy) is 1. The van der Waals surface area contributed by atoms with Crippen molar-refractivity contribution < 1.29 is 9.53 Å². The van der Waals surface area contributed by atoms with Crippen molar-refractivity contribution in [2.24, 2.45) is 5.73 Å². The molecule has 0 heterocycles. The maximum atomic E-state index is 11.3. The van der Waals surface area contributed by atoms with Crippen molar-refractivity contribution in [2.45, 2.75) is 19.3 Å². The van der Waals surface area contributed by atoms with Gasteiger partial charge < -0.3 is 15.4 Å². The lowest BCUT2D eigenvalue weighted by Crippen LogP contribution is -2.28. The summed E-state index contributed by atoms with van der Waals surface area (Å²) in [5.41, 5.74) is 5.31. The normalized spacial score (nSPS) is 10.1. The van der Waals surface area contributed by atoms with Gasteiger partial charge in [-0.1, -0.05) is 0 Å². The van der Waals surface area contributed by atoms with Gasteiger partial charge in [0.25, 0.3) is 0 Å². The predicted molar refractivity (Wildman–Crippen MR) is 52.4 cm³/mol. The molecule has 0 bridgehead atoms. The number of amides is 1. The number of methoxy groups -OCH3 is 1. The molecule has 0 unspecified atom stereocenters. The molecular formula is C9H20N2O2. The van der Waals surface area contributed by atoms with Crippen molar-refractivity contribution in [2.75, 3.05) is 33.9 Å². The molecule has 78 valence electrons. The Kier molecular flexibility index (Phi) is 7.63. The summed E-state index contributed by atoms with van der Waals surface area (Å²) in [6.45, 7) is 2.05. The first kappa shape index (κ1) is 12.4. The molecule has 0 aromatic carbocycles. The second-order valence-electron chi connectivity index (χ2n) is 3.05. The van der Waals surface area contributed by atoms with Crippen LogP contribution < -0.4 is 5.73 Å². The maximum Gasteiger partial charge on any atom is 0.222 e. The Balaban J connectivity index is 3.45. The lowest BCUT2D eigenvalue weighted by atomic mass is 10.3. The number of carbonyl (C=O) groups excluding carboxylic acids is 1. The molecule has 0 saturated carbocycles. The second-order valence-corrected chi connectivity index (χ2v) is 3.05. The summed E-state index contributed by atoms with van der Waals surface area (Å²) < 4.78 is 4.90. The SMILES string of the molecule is COCCCN(C)C(=O)CCCN. The van der Waals surface area contributed by atoms with E-state index in [0.717, 1.165) is 19.4 Å². The first-order valence-electron chi connectivity index (χ1n) is 4.65. The van der Waals surface area contributed by atoms with Gasteiger partial charge in [0.1, 0.15) is 0 Å². The fourth-order valence-corrected chi connectivity index (χ4v) is 1.01. The molecule has 0 aromatic rings. The molecule has 0 fully saturated rings. The van der Waals surface area contributed by atoms with E-state index in [1.165, 1.54) is 0 Å². The Morgan fingerprint density at radius 2 is 2.15 bits per heavy atom. The Bertz CT molecular complexity index is 140. The van der Waals surface area contributed by atoms with Crippen LogP contribution in [0.25, 0.3) is 0 Å². The summed E-state index contributed by atoms with van der Waals surface area (Å²) >= 11 is 0. The summed E-state index contributed by atoms with van der Waals surface area (Å²) in [5, 5.41) is 0. The average Bonchev–Trinajstić information content (AvgIpc) is 2.14. The molecule has 1 amide bonds. The molecule has 0 aliphatic carbocycles. The highest BCUT2D eigenvalue weighted by Crippen LogP contribution is 1.95. The zero-order valence-electron chi connectivity index (χ0n) is 8.58. The number of hydrogen-bond acceptors (Lipinski definition) is 3. The molecule has 0 radical (unpaired) electrons. The third kappa shape index (κ3) is 6.54. The average molecular weight is 188 g/mol. The van der Waals surface area contributed by atoms with E-state index in [-0.39, 0.29) is 5.91 Å². The predicted octanol–water partition coefficient (Wildman–Crippen LogP) is 0.220. The van der Waals surface area contributed by atoms with Crippen molar-refractivity contribution in [1.82, 2.24) is 4.90 Å². The van der Waals surface area contributed by atoms with E-state index in [4.69, 9.17) is 10.5 Å². The van der Waals surface area contributed by atoms with Gasteiger partial charge in [0.05, 0.1) is 0 Å². The lowest BCUT2D eigenvalue weighted by molar-refractivity contribution is -0.130. The van der Waals surface area contributed by atoms with Crippen LogP contribution in [0.1, 0.15) is 19.3 Å². The third-order valence-electron chi connectivity index (χ3n) is 1.86. The Morgan fingerprint density at radius 1 is 1.46 bits per heavy atom. The Morgan fingerprint density at radius 3 is 2.69 bits per heavy atom. The van der Waals surface area contributed by atoms with Gasteiger partial charge in [0.15, 0.2) is 0 Å². The van der Waals surface area contributed by atoms with Gasteiger partial charge in [0, 0.05) is 33.7 Å². The van der Waals surface area contributed by atoms with E-state index in [9.17, 15) is 4.79 Å². The van der Waals surface area contributed by atoms with Gasteiger partial charge in [-0.25, -0.2) is 0 Å². The fraction of sp³-hybridized carbons (Fsp3) is 0.889. The van der Waals surface area contributed by atoms with E-state index >= 15 is 0 Å². The van der Waals surface area contributed by atoms with E-state index in [2.05, 4.69) is 0 Å². The zero-order chi connectivity index (χ0) is 10.1. The molecule has 0 saturated heterocycles. The van der Waals surface area contributed by atoms with Crippen LogP contribution in [0.4, 0.5) is 0 Å². The van der Waals surface area contributed by atoms with Gasteiger partial charge in [-0.15, -0.1) is 0 Å². The molecule has 0 aromatic heterocycles. The van der Waals surface area contributed by atoms with Gasteiger partial charge in [-0.2, -0.15) is 0 Å². The Hall–Kier alpha value is -0.610. The number of nitrogens with zero attached hydrogens (tertiary/aromatic N) is 1. The minimum atomic E-state index is 0.168. The summed E-state index contributed by atoms with van der Waals surface area (Å²) in [4.78, 5) is 13.1. The highest BCUT2D eigenvalue weighted by molar-refractivity contribution is 5.75. The summed E-state index contributed by atoms with van der Waals surface area (Å²) in [7, 11) is 3.48. The first-order chi connectivity index (χ1) is 6.22. The van der Waals surface area contributed by atoms with Crippen molar-refractivity contribution in [1.29, 1.82) is 0 Å². The van der Waals surface area contributed by atoms with Crippen LogP contribution in [-0.4, -0.2) is 44.7 Å². The second kappa shape index (κ2) is 8.01. The van der Waals surface area contributed by atoms with Gasteiger partial charge in [-0.05, 0) is 19.4 Å². The van der Waals surface area contributed by atoms with E-state index < -0.39 is 0 Å². The van der Waals surface area contributed by atoms with Crippen LogP contribution in [0.2, 0.25) is 0 Å². The Labute approximate surface area is 80.0 Å². The molecule has 0 spiro atoms. The number of carbonyl (C=O) groups is 1.